The summed E-state index contributed by atoms with van der Waals surface area (Å²) < 4.78 is 13.0. The standard InChI is InChI=1S/C12H12FNO4/c13-8-1-2-10(15)9(5-8)11(16)14-4-3-7(6-14)12(17)18/h1-2,5,7,15H,3-4,6H2,(H,17,18). The van der Waals surface area contributed by atoms with Gasteiger partial charge in [-0.05, 0) is 24.6 Å². The molecular formula is C12H12FNO4. The molecule has 0 radical (unpaired) electrons. The molecular weight excluding hydrogens is 241 g/mol. The van der Waals surface area contributed by atoms with Gasteiger partial charge in [-0.15, -0.1) is 0 Å². The predicted octanol–water partition coefficient (Wildman–Crippen LogP) is 1.08. The third-order valence-electron chi connectivity index (χ3n) is 3.01. The number of carbonyl (C=O) groups excluding carboxylic acids is 1. The van der Waals surface area contributed by atoms with Crippen molar-refractivity contribution in [1.29, 1.82) is 0 Å². The Morgan fingerprint density at radius 2 is 2.11 bits per heavy atom. The van der Waals surface area contributed by atoms with Crippen molar-refractivity contribution in [1.82, 2.24) is 4.90 Å². The predicted molar refractivity (Wildman–Crippen MR) is 59.7 cm³/mol. The van der Waals surface area contributed by atoms with Crippen LogP contribution in [0.5, 0.6) is 5.75 Å². The van der Waals surface area contributed by atoms with Gasteiger partial charge < -0.3 is 15.1 Å². The fourth-order valence-corrected chi connectivity index (χ4v) is 2.00. The van der Waals surface area contributed by atoms with Crippen molar-refractivity contribution >= 4 is 11.9 Å². The van der Waals surface area contributed by atoms with E-state index in [9.17, 15) is 19.1 Å². The first-order chi connectivity index (χ1) is 8.49. The average molecular weight is 253 g/mol. The van der Waals surface area contributed by atoms with Gasteiger partial charge >= 0.3 is 5.97 Å². The summed E-state index contributed by atoms with van der Waals surface area (Å²) in [7, 11) is 0. The Hall–Kier alpha value is -2.11. The second-order valence-electron chi connectivity index (χ2n) is 4.24. The number of carboxylic acid groups (broad SMARTS) is 1. The van der Waals surface area contributed by atoms with E-state index in [4.69, 9.17) is 5.11 Å². The third-order valence-corrected chi connectivity index (χ3v) is 3.01. The van der Waals surface area contributed by atoms with E-state index in [2.05, 4.69) is 0 Å². The molecule has 2 N–H and O–H groups in total. The largest absolute Gasteiger partial charge is 0.507 e. The molecule has 0 bridgehead atoms. The van der Waals surface area contributed by atoms with Crippen molar-refractivity contribution in [3.05, 3.63) is 29.6 Å². The van der Waals surface area contributed by atoms with Crippen molar-refractivity contribution in [2.75, 3.05) is 13.1 Å². The van der Waals surface area contributed by atoms with Crippen LogP contribution in [0.25, 0.3) is 0 Å². The average Bonchev–Trinajstić information content (AvgIpc) is 2.81. The third kappa shape index (κ3) is 2.27. The minimum Gasteiger partial charge on any atom is -0.507 e. The quantitative estimate of drug-likeness (QED) is 0.826. The van der Waals surface area contributed by atoms with E-state index in [0.717, 1.165) is 18.2 Å². The van der Waals surface area contributed by atoms with Gasteiger partial charge in [0.15, 0.2) is 0 Å². The normalized spacial score (nSPS) is 18.9. The highest BCUT2D eigenvalue weighted by molar-refractivity contribution is 5.97. The lowest BCUT2D eigenvalue weighted by molar-refractivity contribution is -0.141. The Kier molecular flexibility index (Phi) is 3.18. The first kappa shape index (κ1) is 12.3. The monoisotopic (exact) mass is 253 g/mol. The number of aliphatic carboxylic acids is 1. The highest BCUT2D eigenvalue weighted by Crippen LogP contribution is 2.24. The van der Waals surface area contributed by atoms with E-state index in [-0.39, 0.29) is 17.9 Å². The number of aromatic hydroxyl groups is 1. The number of phenolic OH excluding ortho intramolecular Hbond substituents is 1. The van der Waals surface area contributed by atoms with E-state index in [1.165, 1.54) is 4.90 Å². The second-order valence-corrected chi connectivity index (χ2v) is 4.24. The molecule has 0 saturated carbocycles. The number of hydrogen-bond donors (Lipinski definition) is 2. The van der Waals surface area contributed by atoms with Gasteiger partial charge in [0, 0.05) is 13.1 Å². The molecule has 1 aromatic rings. The van der Waals surface area contributed by atoms with Gasteiger partial charge in [-0.25, -0.2) is 4.39 Å². The van der Waals surface area contributed by atoms with Gasteiger partial charge in [-0.2, -0.15) is 0 Å². The van der Waals surface area contributed by atoms with Crippen molar-refractivity contribution in [3.8, 4) is 5.75 Å². The van der Waals surface area contributed by atoms with Gasteiger partial charge in [0.05, 0.1) is 11.5 Å². The molecule has 1 atom stereocenters. The van der Waals surface area contributed by atoms with Crippen LogP contribution in [-0.2, 0) is 4.79 Å². The Morgan fingerprint density at radius 3 is 2.72 bits per heavy atom. The molecule has 1 heterocycles. The lowest BCUT2D eigenvalue weighted by atomic mass is 10.1. The van der Waals surface area contributed by atoms with Crippen molar-refractivity contribution in [2.45, 2.75) is 6.42 Å². The van der Waals surface area contributed by atoms with Gasteiger partial charge in [0.1, 0.15) is 11.6 Å². The highest BCUT2D eigenvalue weighted by Gasteiger charge is 2.32. The molecule has 1 aromatic carbocycles. The molecule has 96 valence electrons. The molecule has 0 spiro atoms. The molecule has 1 aliphatic heterocycles. The van der Waals surface area contributed by atoms with E-state index in [1.807, 2.05) is 0 Å². The number of carboxylic acids is 1. The lowest BCUT2D eigenvalue weighted by Crippen LogP contribution is -2.30. The van der Waals surface area contributed by atoms with Crippen LogP contribution in [0.2, 0.25) is 0 Å². The fourth-order valence-electron chi connectivity index (χ4n) is 2.00. The number of amides is 1. The van der Waals surface area contributed by atoms with Gasteiger partial charge in [0.2, 0.25) is 0 Å². The molecule has 2 rings (SSSR count). The van der Waals surface area contributed by atoms with Crippen molar-refractivity contribution in [3.63, 3.8) is 0 Å². The molecule has 1 unspecified atom stereocenters. The minimum absolute atomic E-state index is 0.0874. The zero-order valence-corrected chi connectivity index (χ0v) is 9.47. The molecule has 1 aliphatic rings. The fraction of sp³-hybridized carbons (Fsp3) is 0.333. The van der Waals surface area contributed by atoms with E-state index in [1.54, 1.807) is 0 Å². The number of halogens is 1. The van der Waals surface area contributed by atoms with E-state index >= 15 is 0 Å². The Balaban J connectivity index is 2.17. The molecule has 0 aliphatic carbocycles. The first-order valence-electron chi connectivity index (χ1n) is 5.49. The summed E-state index contributed by atoms with van der Waals surface area (Å²) in [5.41, 5.74) is -0.138. The summed E-state index contributed by atoms with van der Waals surface area (Å²) in [5.74, 6) is -3.01. The van der Waals surface area contributed by atoms with Gasteiger partial charge in [-0.1, -0.05) is 0 Å². The first-order valence-corrected chi connectivity index (χ1v) is 5.49. The summed E-state index contributed by atoms with van der Waals surface area (Å²) in [5, 5.41) is 18.3. The number of likely N-dealkylation sites (tertiary alicyclic amines) is 1. The summed E-state index contributed by atoms with van der Waals surface area (Å²) in [6.07, 6.45) is 0.372. The zero-order chi connectivity index (χ0) is 13.3. The molecule has 6 heteroatoms. The number of benzene rings is 1. The Morgan fingerprint density at radius 1 is 1.39 bits per heavy atom. The van der Waals surface area contributed by atoms with Crippen LogP contribution in [0.3, 0.4) is 0 Å². The molecule has 1 amide bonds. The van der Waals surface area contributed by atoms with Crippen LogP contribution in [0.15, 0.2) is 18.2 Å². The smallest absolute Gasteiger partial charge is 0.308 e. The van der Waals surface area contributed by atoms with Crippen molar-refractivity contribution < 1.29 is 24.2 Å². The number of nitrogens with zero attached hydrogens (tertiary/aromatic N) is 1. The Labute approximate surface area is 102 Å². The maximum atomic E-state index is 13.0. The summed E-state index contributed by atoms with van der Waals surface area (Å²) in [6.45, 7) is 0.385. The maximum absolute atomic E-state index is 13.0. The number of rotatable bonds is 2. The molecule has 1 fully saturated rings. The van der Waals surface area contributed by atoms with Crippen molar-refractivity contribution in [2.24, 2.45) is 5.92 Å². The summed E-state index contributed by atoms with van der Waals surface area (Å²) in [6, 6.07) is 3.11. The number of carbonyl (C=O) groups is 2. The lowest BCUT2D eigenvalue weighted by Gasteiger charge is -2.16. The zero-order valence-electron chi connectivity index (χ0n) is 9.47. The Bertz CT molecular complexity index is 503. The molecule has 1 saturated heterocycles. The molecule has 0 aromatic heterocycles. The SMILES string of the molecule is O=C(O)C1CCN(C(=O)c2cc(F)ccc2O)C1. The van der Waals surface area contributed by atoms with E-state index < -0.39 is 23.6 Å². The van der Waals surface area contributed by atoms with E-state index in [0.29, 0.717) is 13.0 Å². The van der Waals surface area contributed by atoms with Crippen LogP contribution >= 0.6 is 0 Å². The summed E-state index contributed by atoms with van der Waals surface area (Å²) >= 11 is 0. The van der Waals surface area contributed by atoms with Crippen LogP contribution in [-0.4, -0.2) is 40.1 Å². The second kappa shape index (κ2) is 4.64. The minimum atomic E-state index is -0.950. The van der Waals surface area contributed by atoms with Gasteiger partial charge in [0.25, 0.3) is 5.91 Å². The van der Waals surface area contributed by atoms with Crippen LogP contribution in [0.1, 0.15) is 16.8 Å². The molecule has 5 nitrogen and oxygen atoms in total. The van der Waals surface area contributed by atoms with Crippen LogP contribution < -0.4 is 0 Å². The maximum Gasteiger partial charge on any atom is 0.308 e. The summed E-state index contributed by atoms with van der Waals surface area (Å²) in [4.78, 5) is 24.1. The number of phenols is 1. The van der Waals surface area contributed by atoms with Gasteiger partial charge in [-0.3, -0.25) is 9.59 Å². The van der Waals surface area contributed by atoms with Crippen LogP contribution in [0.4, 0.5) is 4.39 Å². The molecule has 18 heavy (non-hydrogen) atoms. The number of hydrogen-bond acceptors (Lipinski definition) is 3. The topological polar surface area (TPSA) is 77.8 Å². The van der Waals surface area contributed by atoms with Crippen LogP contribution in [0, 0.1) is 11.7 Å². The highest BCUT2D eigenvalue weighted by atomic mass is 19.1.